The number of nitrogens with one attached hydrogen (secondary N) is 1. The topological polar surface area (TPSA) is 21.3 Å². The summed E-state index contributed by atoms with van der Waals surface area (Å²) >= 11 is 0. The largest absolute Gasteiger partial charge is 0.381 e. The van der Waals surface area contributed by atoms with Crippen molar-refractivity contribution >= 4 is 0 Å². The Balaban J connectivity index is 1.66. The van der Waals surface area contributed by atoms with E-state index in [4.69, 9.17) is 4.74 Å². The van der Waals surface area contributed by atoms with Gasteiger partial charge in [-0.2, -0.15) is 0 Å². The van der Waals surface area contributed by atoms with Crippen molar-refractivity contribution in [2.75, 3.05) is 7.11 Å². The molecule has 0 radical (unpaired) electrons. The second-order valence-corrected chi connectivity index (χ2v) is 5.67. The summed E-state index contributed by atoms with van der Waals surface area (Å²) in [5.74, 6) is 1.000. The molecular weight excluding hydrogens is 198 g/mol. The first-order valence-electron chi connectivity index (χ1n) is 7.10. The molecule has 0 bridgehead atoms. The predicted octanol–water partition coefficient (Wildman–Crippen LogP) is 3.11. The zero-order chi connectivity index (χ0) is 11.4. The van der Waals surface area contributed by atoms with Gasteiger partial charge in [0.2, 0.25) is 0 Å². The smallest absolute Gasteiger partial charge is 0.0601 e. The molecule has 2 aliphatic rings. The van der Waals surface area contributed by atoms with Gasteiger partial charge in [0.1, 0.15) is 0 Å². The number of ether oxygens (including phenoxy) is 1. The monoisotopic (exact) mass is 225 g/mol. The minimum absolute atomic E-state index is 0.534. The minimum atomic E-state index is 0.534. The van der Waals surface area contributed by atoms with Crippen LogP contribution in [0.15, 0.2) is 0 Å². The van der Waals surface area contributed by atoms with E-state index in [0.29, 0.717) is 6.10 Å². The summed E-state index contributed by atoms with van der Waals surface area (Å²) in [4.78, 5) is 0. The van der Waals surface area contributed by atoms with Gasteiger partial charge in [-0.3, -0.25) is 0 Å². The quantitative estimate of drug-likeness (QED) is 0.742. The van der Waals surface area contributed by atoms with Gasteiger partial charge in [0.15, 0.2) is 0 Å². The first kappa shape index (κ1) is 12.4. The summed E-state index contributed by atoms with van der Waals surface area (Å²) in [5, 5.41) is 3.82. The number of hydrogen-bond acceptors (Lipinski definition) is 2. The molecule has 0 amide bonds. The lowest BCUT2D eigenvalue weighted by molar-refractivity contribution is 0.0136. The molecule has 0 heterocycles. The van der Waals surface area contributed by atoms with Crippen molar-refractivity contribution in [3.05, 3.63) is 0 Å². The van der Waals surface area contributed by atoms with E-state index in [1.165, 1.54) is 51.4 Å². The highest BCUT2D eigenvalue weighted by molar-refractivity contribution is 4.89. The third kappa shape index (κ3) is 3.21. The van der Waals surface area contributed by atoms with Crippen LogP contribution in [0.1, 0.15) is 58.3 Å². The first-order valence-corrected chi connectivity index (χ1v) is 7.10. The van der Waals surface area contributed by atoms with Crippen molar-refractivity contribution in [1.29, 1.82) is 0 Å². The van der Waals surface area contributed by atoms with Gasteiger partial charge in [-0.05, 0) is 38.0 Å². The Morgan fingerprint density at radius 2 is 1.88 bits per heavy atom. The molecule has 0 aromatic rings. The van der Waals surface area contributed by atoms with Gasteiger partial charge in [0.05, 0.1) is 6.10 Å². The van der Waals surface area contributed by atoms with Crippen molar-refractivity contribution in [3.63, 3.8) is 0 Å². The van der Waals surface area contributed by atoms with Crippen LogP contribution in [-0.4, -0.2) is 25.3 Å². The van der Waals surface area contributed by atoms with E-state index in [-0.39, 0.29) is 0 Å². The van der Waals surface area contributed by atoms with Crippen LogP contribution >= 0.6 is 0 Å². The van der Waals surface area contributed by atoms with Crippen LogP contribution in [-0.2, 0) is 4.74 Å². The van der Waals surface area contributed by atoms with Crippen molar-refractivity contribution in [1.82, 2.24) is 5.32 Å². The van der Waals surface area contributed by atoms with Crippen LogP contribution in [0.2, 0.25) is 0 Å². The Bertz CT molecular complexity index is 201. The van der Waals surface area contributed by atoms with Gasteiger partial charge < -0.3 is 10.1 Å². The minimum Gasteiger partial charge on any atom is -0.381 e. The highest BCUT2D eigenvalue weighted by Crippen LogP contribution is 2.28. The third-order valence-electron chi connectivity index (χ3n) is 4.57. The summed E-state index contributed by atoms with van der Waals surface area (Å²) in [5.41, 5.74) is 0. The van der Waals surface area contributed by atoms with Crippen LogP contribution in [0.5, 0.6) is 0 Å². The SMILES string of the molecule is CCC1CCCC(NC2CC(OC)C2)CC1. The van der Waals surface area contributed by atoms with Crippen molar-refractivity contribution < 1.29 is 4.74 Å². The molecule has 1 N–H and O–H groups in total. The molecule has 0 aliphatic heterocycles. The Kier molecular flexibility index (Phi) is 4.66. The van der Waals surface area contributed by atoms with Gasteiger partial charge in [0.25, 0.3) is 0 Å². The van der Waals surface area contributed by atoms with Crippen molar-refractivity contribution in [3.8, 4) is 0 Å². The summed E-state index contributed by atoms with van der Waals surface area (Å²) in [6, 6.07) is 1.53. The fourth-order valence-corrected chi connectivity index (χ4v) is 3.18. The van der Waals surface area contributed by atoms with E-state index in [0.717, 1.165) is 18.0 Å². The fourth-order valence-electron chi connectivity index (χ4n) is 3.18. The molecule has 2 unspecified atom stereocenters. The van der Waals surface area contributed by atoms with Gasteiger partial charge >= 0.3 is 0 Å². The van der Waals surface area contributed by atoms with Crippen LogP contribution in [0.25, 0.3) is 0 Å². The molecule has 2 aliphatic carbocycles. The normalized spacial score (nSPS) is 40.1. The van der Waals surface area contributed by atoms with Crippen LogP contribution in [0, 0.1) is 5.92 Å². The van der Waals surface area contributed by atoms with Gasteiger partial charge in [0, 0.05) is 19.2 Å². The lowest BCUT2D eigenvalue weighted by Gasteiger charge is -2.37. The first-order chi connectivity index (χ1) is 7.81. The Labute approximate surface area is 100 Å². The molecule has 0 spiro atoms. The average molecular weight is 225 g/mol. The summed E-state index contributed by atoms with van der Waals surface area (Å²) in [7, 11) is 1.83. The maximum Gasteiger partial charge on any atom is 0.0601 e. The molecule has 2 saturated carbocycles. The lowest BCUT2D eigenvalue weighted by atomic mass is 9.88. The molecule has 2 fully saturated rings. The number of methoxy groups -OCH3 is 1. The number of hydrogen-bond donors (Lipinski definition) is 1. The molecule has 0 saturated heterocycles. The second-order valence-electron chi connectivity index (χ2n) is 5.67. The van der Waals surface area contributed by atoms with Gasteiger partial charge in [-0.15, -0.1) is 0 Å². The molecule has 2 heteroatoms. The fraction of sp³-hybridized carbons (Fsp3) is 1.00. The molecule has 2 nitrogen and oxygen atoms in total. The highest BCUT2D eigenvalue weighted by atomic mass is 16.5. The van der Waals surface area contributed by atoms with E-state index in [1.54, 1.807) is 0 Å². The number of rotatable bonds is 4. The molecule has 2 rings (SSSR count). The van der Waals surface area contributed by atoms with Crippen molar-refractivity contribution in [2.24, 2.45) is 5.92 Å². The third-order valence-corrected chi connectivity index (χ3v) is 4.57. The highest BCUT2D eigenvalue weighted by Gasteiger charge is 2.30. The lowest BCUT2D eigenvalue weighted by Crippen LogP contribution is -2.49. The van der Waals surface area contributed by atoms with E-state index in [9.17, 15) is 0 Å². The van der Waals surface area contributed by atoms with Crippen LogP contribution in [0.4, 0.5) is 0 Å². The van der Waals surface area contributed by atoms with E-state index in [2.05, 4.69) is 12.2 Å². The maximum atomic E-state index is 5.32. The van der Waals surface area contributed by atoms with Crippen LogP contribution in [0.3, 0.4) is 0 Å². The molecule has 0 aromatic heterocycles. The van der Waals surface area contributed by atoms with E-state index >= 15 is 0 Å². The summed E-state index contributed by atoms with van der Waals surface area (Å²) in [6.45, 7) is 2.34. The standard InChI is InChI=1S/C14H27NO/c1-3-11-5-4-6-12(8-7-11)15-13-9-14(10-13)16-2/h11-15H,3-10H2,1-2H3. The summed E-state index contributed by atoms with van der Waals surface area (Å²) < 4.78 is 5.32. The van der Waals surface area contributed by atoms with E-state index in [1.807, 2.05) is 7.11 Å². The average Bonchev–Trinajstić information content (AvgIpc) is 2.47. The predicted molar refractivity (Wildman–Crippen MR) is 67.6 cm³/mol. The Hall–Kier alpha value is -0.0800. The van der Waals surface area contributed by atoms with Crippen LogP contribution < -0.4 is 5.32 Å². The Morgan fingerprint density at radius 1 is 1.06 bits per heavy atom. The molecule has 0 aromatic carbocycles. The molecule has 2 atom stereocenters. The second kappa shape index (κ2) is 6.02. The zero-order valence-electron chi connectivity index (χ0n) is 10.9. The molecule has 94 valence electrons. The summed E-state index contributed by atoms with van der Waals surface area (Å²) in [6.07, 6.45) is 11.5. The zero-order valence-corrected chi connectivity index (χ0v) is 10.9. The maximum absolute atomic E-state index is 5.32. The van der Waals surface area contributed by atoms with Gasteiger partial charge in [-0.1, -0.05) is 26.2 Å². The van der Waals surface area contributed by atoms with Gasteiger partial charge in [-0.25, -0.2) is 0 Å². The molecule has 16 heavy (non-hydrogen) atoms. The molecular formula is C14H27NO. The Morgan fingerprint density at radius 3 is 2.56 bits per heavy atom. The van der Waals surface area contributed by atoms with E-state index < -0.39 is 0 Å². The van der Waals surface area contributed by atoms with Crippen molar-refractivity contribution in [2.45, 2.75) is 76.5 Å².